The van der Waals surface area contributed by atoms with Crippen molar-refractivity contribution in [2.75, 3.05) is 20.1 Å². The lowest BCUT2D eigenvalue weighted by Gasteiger charge is -2.10. The molecule has 0 aliphatic rings. The Morgan fingerprint density at radius 3 is 2.65 bits per heavy atom. The Labute approximate surface area is 127 Å². The number of hydrogen-bond acceptors (Lipinski definition) is 3. The molecule has 108 valence electrons. The SMILES string of the molecule is CN=C(NCCc1ccco1)NCCc1ccc(Cl)s1. The first kappa shape index (κ1) is 14.9. The fraction of sp³-hybridized carbons (Fsp3) is 0.357. The smallest absolute Gasteiger partial charge is 0.191 e. The minimum absolute atomic E-state index is 0.790. The highest BCUT2D eigenvalue weighted by Gasteiger charge is 2.01. The standard InChI is InChI=1S/C14H18ClN3OS/c1-16-14(17-8-6-11-3-2-10-19-11)18-9-7-12-4-5-13(15)20-12/h2-5,10H,6-9H2,1H3,(H2,16,17,18). The molecule has 6 heteroatoms. The van der Waals surface area contributed by atoms with Crippen LogP contribution in [0.1, 0.15) is 10.6 Å². The predicted molar refractivity (Wildman–Crippen MR) is 84.8 cm³/mol. The minimum atomic E-state index is 0.790. The topological polar surface area (TPSA) is 49.6 Å². The van der Waals surface area contributed by atoms with Crippen LogP contribution in [0, 0.1) is 0 Å². The number of furan rings is 1. The van der Waals surface area contributed by atoms with Crippen molar-refractivity contribution >= 4 is 28.9 Å². The Balaban J connectivity index is 1.65. The van der Waals surface area contributed by atoms with Gasteiger partial charge in [-0.25, -0.2) is 0 Å². The third kappa shape index (κ3) is 4.90. The second-order valence-electron chi connectivity index (χ2n) is 4.21. The van der Waals surface area contributed by atoms with E-state index in [1.165, 1.54) is 4.88 Å². The van der Waals surface area contributed by atoms with Crippen molar-refractivity contribution in [1.29, 1.82) is 0 Å². The summed E-state index contributed by atoms with van der Waals surface area (Å²) in [6.45, 7) is 1.62. The summed E-state index contributed by atoms with van der Waals surface area (Å²) in [7, 11) is 1.77. The average molecular weight is 312 g/mol. The molecule has 0 amide bonds. The van der Waals surface area contributed by atoms with Gasteiger partial charge in [0.05, 0.1) is 10.6 Å². The highest BCUT2D eigenvalue weighted by atomic mass is 35.5. The van der Waals surface area contributed by atoms with Crippen LogP contribution in [0.25, 0.3) is 0 Å². The van der Waals surface area contributed by atoms with E-state index in [0.717, 1.165) is 42.0 Å². The van der Waals surface area contributed by atoms with Crippen LogP contribution in [0.15, 0.2) is 39.9 Å². The Kier molecular flexibility index (Phi) is 5.95. The van der Waals surface area contributed by atoms with Gasteiger partial charge in [0.1, 0.15) is 5.76 Å². The van der Waals surface area contributed by atoms with Gasteiger partial charge in [-0.05, 0) is 30.7 Å². The first-order chi connectivity index (χ1) is 9.78. The Morgan fingerprint density at radius 2 is 2.05 bits per heavy atom. The number of guanidine groups is 1. The van der Waals surface area contributed by atoms with E-state index < -0.39 is 0 Å². The monoisotopic (exact) mass is 311 g/mol. The maximum atomic E-state index is 5.90. The lowest BCUT2D eigenvalue weighted by Crippen LogP contribution is -2.39. The van der Waals surface area contributed by atoms with Gasteiger partial charge in [-0.1, -0.05) is 11.6 Å². The van der Waals surface area contributed by atoms with E-state index in [4.69, 9.17) is 16.0 Å². The van der Waals surface area contributed by atoms with Gasteiger partial charge in [0.15, 0.2) is 5.96 Å². The fourth-order valence-electron chi connectivity index (χ4n) is 1.77. The molecule has 0 atom stereocenters. The molecular formula is C14H18ClN3OS. The largest absolute Gasteiger partial charge is 0.469 e. The zero-order valence-electron chi connectivity index (χ0n) is 11.4. The number of nitrogens with zero attached hydrogens (tertiary/aromatic N) is 1. The number of thiophene rings is 1. The second kappa shape index (κ2) is 7.97. The summed E-state index contributed by atoms with van der Waals surface area (Å²) in [6, 6.07) is 7.85. The lowest BCUT2D eigenvalue weighted by atomic mass is 10.3. The first-order valence-electron chi connectivity index (χ1n) is 6.49. The van der Waals surface area contributed by atoms with Crippen LogP contribution in [-0.4, -0.2) is 26.1 Å². The predicted octanol–water partition coefficient (Wildman–Crippen LogP) is 2.94. The minimum Gasteiger partial charge on any atom is -0.469 e. The van der Waals surface area contributed by atoms with E-state index in [9.17, 15) is 0 Å². The van der Waals surface area contributed by atoms with E-state index >= 15 is 0 Å². The molecule has 0 spiro atoms. The molecule has 2 N–H and O–H groups in total. The van der Waals surface area contributed by atoms with Crippen molar-refractivity contribution in [1.82, 2.24) is 10.6 Å². The molecule has 0 saturated carbocycles. The fourth-order valence-corrected chi connectivity index (χ4v) is 2.86. The zero-order valence-corrected chi connectivity index (χ0v) is 12.9. The summed E-state index contributed by atoms with van der Waals surface area (Å²) < 4.78 is 6.11. The zero-order chi connectivity index (χ0) is 14.2. The molecule has 2 rings (SSSR count). The van der Waals surface area contributed by atoms with Crippen LogP contribution >= 0.6 is 22.9 Å². The molecule has 2 aromatic heterocycles. The molecule has 0 radical (unpaired) electrons. The van der Waals surface area contributed by atoms with E-state index in [1.54, 1.807) is 24.6 Å². The Morgan fingerprint density at radius 1 is 1.25 bits per heavy atom. The number of halogens is 1. The lowest BCUT2D eigenvalue weighted by molar-refractivity contribution is 0.507. The summed E-state index contributed by atoms with van der Waals surface area (Å²) >= 11 is 7.52. The Hall–Kier alpha value is -1.46. The normalized spacial score (nSPS) is 11.6. The van der Waals surface area contributed by atoms with Crippen LogP contribution in [0.2, 0.25) is 4.34 Å². The van der Waals surface area contributed by atoms with Gasteiger partial charge in [0, 0.05) is 31.4 Å². The number of hydrogen-bond donors (Lipinski definition) is 2. The van der Waals surface area contributed by atoms with Crippen molar-refractivity contribution < 1.29 is 4.42 Å². The van der Waals surface area contributed by atoms with Gasteiger partial charge >= 0.3 is 0 Å². The molecule has 2 heterocycles. The number of rotatable bonds is 6. The highest BCUT2D eigenvalue weighted by molar-refractivity contribution is 7.16. The number of aliphatic imine (C=N–C) groups is 1. The molecule has 0 aromatic carbocycles. The van der Waals surface area contributed by atoms with Crippen LogP contribution in [0.3, 0.4) is 0 Å². The van der Waals surface area contributed by atoms with Crippen LogP contribution in [0.4, 0.5) is 0 Å². The van der Waals surface area contributed by atoms with E-state index in [2.05, 4.69) is 21.7 Å². The van der Waals surface area contributed by atoms with Gasteiger partial charge in [0.25, 0.3) is 0 Å². The molecule has 0 aliphatic carbocycles. The second-order valence-corrected chi connectivity index (χ2v) is 6.01. The van der Waals surface area contributed by atoms with Crippen molar-refractivity contribution in [3.05, 3.63) is 45.5 Å². The Bertz CT molecular complexity index is 536. The van der Waals surface area contributed by atoms with Crippen molar-refractivity contribution in [2.24, 2.45) is 4.99 Å². The summed E-state index contributed by atoms with van der Waals surface area (Å²) in [6.07, 6.45) is 3.47. The summed E-state index contributed by atoms with van der Waals surface area (Å²) in [5.41, 5.74) is 0. The van der Waals surface area contributed by atoms with Gasteiger partial charge in [-0.3, -0.25) is 4.99 Å². The van der Waals surface area contributed by atoms with Crippen molar-refractivity contribution in [2.45, 2.75) is 12.8 Å². The van der Waals surface area contributed by atoms with Gasteiger partial charge in [0.2, 0.25) is 0 Å². The molecule has 0 fully saturated rings. The van der Waals surface area contributed by atoms with Gasteiger partial charge < -0.3 is 15.1 Å². The van der Waals surface area contributed by atoms with Crippen molar-refractivity contribution in [3.8, 4) is 0 Å². The molecule has 0 unspecified atom stereocenters. The van der Waals surface area contributed by atoms with Crippen LogP contribution < -0.4 is 10.6 Å². The molecular weight excluding hydrogens is 294 g/mol. The molecule has 0 saturated heterocycles. The highest BCUT2D eigenvalue weighted by Crippen LogP contribution is 2.21. The maximum absolute atomic E-state index is 5.90. The van der Waals surface area contributed by atoms with Gasteiger partial charge in [-0.2, -0.15) is 0 Å². The summed E-state index contributed by atoms with van der Waals surface area (Å²) in [5, 5.41) is 6.53. The molecule has 0 aliphatic heterocycles. The van der Waals surface area contributed by atoms with Gasteiger partial charge in [-0.15, -0.1) is 11.3 Å². The molecule has 20 heavy (non-hydrogen) atoms. The van der Waals surface area contributed by atoms with E-state index in [0.29, 0.717) is 0 Å². The van der Waals surface area contributed by atoms with Crippen LogP contribution in [0.5, 0.6) is 0 Å². The van der Waals surface area contributed by atoms with E-state index in [1.807, 2.05) is 18.2 Å². The average Bonchev–Trinajstić information content (AvgIpc) is 3.09. The third-order valence-corrected chi connectivity index (χ3v) is 4.05. The third-order valence-electron chi connectivity index (χ3n) is 2.76. The maximum Gasteiger partial charge on any atom is 0.191 e. The first-order valence-corrected chi connectivity index (χ1v) is 7.68. The summed E-state index contributed by atoms with van der Waals surface area (Å²) in [4.78, 5) is 5.46. The number of nitrogens with one attached hydrogen (secondary N) is 2. The van der Waals surface area contributed by atoms with E-state index in [-0.39, 0.29) is 0 Å². The molecule has 4 nitrogen and oxygen atoms in total. The summed E-state index contributed by atoms with van der Waals surface area (Å²) in [5.74, 6) is 1.78. The molecule has 2 aromatic rings. The van der Waals surface area contributed by atoms with Crippen LogP contribution in [-0.2, 0) is 12.8 Å². The molecule has 0 bridgehead atoms. The quantitative estimate of drug-likeness (QED) is 0.637. The van der Waals surface area contributed by atoms with Crippen molar-refractivity contribution in [3.63, 3.8) is 0 Å².